The lowest BCUT2D eigenvalue weighted by atomic mass is 10.2. The van der Waals surface area contributed by atoms with Crippen LogP contribution in [0, 0.1) is 13.8 Å². The summed E-state index contributed by atoms with van der Waals surface area (Å²) < 4.78 is 1.82. The highest BCUT2D eigenvalue weighted by molar-refractivity contribution is 6.05. The van der Waals surface area contributed by atoms with Gasteiger partial charge < -0.3 is 5.32 Å². The quantitative estimate of drug-likeness (QED) is 0.775. The van der Waals surface area contributed by atoms with Crippen molar-refractivity contribution in [1.29, 1.82) is 0 Å². The first-order valence-electron chi connectivity index (χ1n) is 7.41. The van der Waals surface area contributed by atoms with Crippen molar-refractivity contribution < 1.29 is 4.79 Å². The second-order valence-electron chi connectivity index (χ2n) is 5.22. The number of anilines is 1. The van der Waals surface area contributed by atoms with E-state index >= 15 is 0 Å². The van der Waals surface area contributed by atoms with E-state index in [1.165, 1.54) is 0 Å². The van der Waals surface area contributed by atoms with Crippen LogP contribution in [0.2, 0.25) is 0 Å². The van der Waals surface area contributed by atoms with E-state index in [1.807, 2.05) is 37.6 Å². The molecule has 118 valence electrons. The third-order valence-corrected chi connectivity index (χ3v) is 3.72. The number of carbonyl (C=O) groups excluding carboxylic acids is 1. The highest BCUT2D eigenvalue weighted by Gasteiger charge is 2.19. The number of hydrogen-bond donors (Lipinski definition) is 2. The fourth-order valence-electron chi connectivity index (χ4n) is 2.58. The highest BCUT2D eigenvalue weighted by Crippen LogP contribution is 2.20. The molecule has 23 heavy (non-hydrogen) atoms. The molecule has 3 aromatic heterocycles. The van der Waals surface area contributed by atoms with Gasteiger partial charge in [0.25, 0.3) is 5.91 Å². The third kappa shape index (κ3) is 2.85. The molecule has 0 unspecified atom stereocenters. The Labute approximate surface area is 133 Å². The zero-order valence-corrected chi connectivity index (χ0v) is 13.3. The number of nitrogens with one attached hydrogen (secondary N) is 2. The fourth-order valence-corrected chi connectivity index (χ4v) is 2.58. The number of nitrogens with zero attached hydrogens (tertiary/aromatic N) is 4. The summed E-state index contributed by atoms with van der Waals surface area (Å²) in [7, 11) is 0. The normalized spacial score (nSPS) is 10.7. The summed E-state index contributed by atoms with van der Waals surface area (Å²) in [6, 6.07) is 5.54. The van der Waals surface area contributed by atoms with Crippen LogP contribution in [0.5, 0.6) is 0 Å². The second-order valence-corrected chi connectivity index (χ2v) is 5.22. The van der Waals surface area contributed by atoms with E-state index in [1.54, 1.807) is 18.5 Å². The van der Waals surface area contributed by atoms with Gasteiger partial charge in [-0.25, -0.2) is 0 Å². The number of rotatable bonds is 4. The van der Waals surface area contributed by atoms with Gasteiger partial charge in [0.1, 0.15) is 0 Å². The summed E-state index contributed by atoms with van der Waals surface area (Å²) >= 11 is 0. The second kappa shape index (κ2) is 6.04. The Kier molecular flexibility index (Phi) is 3.92. The standard InChI is InChI=1S/C16H18N6O/c1-4-22-11(3)15(10(2)21-22)16(23)18-14-9-13(19-20-14)12-5-7-17-8-6-12/h5-9H,4H2,1-3H3,(H2,18,19,20,23). The Hall–Kier alpha value is -2.96. The summed E-state index contributed by atoms with van der Waals surface area (Å²) in [6.45, 7) is 6.46. The Morgan fingerprint density at radius 2 is 2.04 bits per heavy atom. The molecule has 0 aliphatic carbocycles. The van der Waals surface area contributed by atoms with E-state index in [0.717, 1.165) is 23.5 Å². The van der Waals surface area contributed by atoms with E-state index in [4.69, 9.17) is 0 Å². The maximum atomic E-state index is 12.5. The van der Waals surface area contributed by atoms with Gasteiger partial charge in [0.2, 0.25) is 0 Å². The molecule has 0 aliphatic heterocycles. The zero-order valence-electron chi connectivity index (χ0n) is 13.3. The number of amides is 1. The lowest BCUT2D eigenvalue weighted by Crippen LogP contribution is -2.14. The Morgan fingerprint density at radius 1 is 1.30 bits per heavy atom. The van der Waals surface area contributed by atoms with Crippen molar-refractivity contribution in [2.75, 3.05) is 5.32 Å². The van der Waals surface area contributed by atoms with Crippen LogP contribution in [0.4, 0.5) is 5.82 Å². The van der Waals surface area contributed by atoms with Gasteiger partial charge in [0.15, 0.2) is 5.82 Å². The van der Waals surface area contributed by atoms with Crippen molar-refractivity contribution in [2.24, 2.45) is 0 Å². The third-order valence-electron chi connectivity index (χ3n) is 3.72. The lowest BCUT2D eigenvalue weighted by Gasteiger charge is -2.03. The minimum absolute atomic E-state index is 0.201. The summed E-state index contributed by atoms with van der Waals surface area (Å²) in [5, 5.41) is 14.2. The van der Waals surface area contributed by atoms with Crippen LogP contribution in [-0.4, -0.2) is 30.9 Å². The van der Waals surface area contributed by atoms with E-state index in [0.29, 0.717) is 17.1 Å². The Morgan fingerprint density at radius 3 is 2.70 bits per heavy atom. The fraction of sp³-hybridized carbons (Fsp3) is 0.250. The number of aromatic nitrogens is 5. The van der Waals surface area contributed by atoms with Crippen LogP contribution in [0.1, 0.15) is 28.7 Å². The summed E-state index contributed by atoms with van der Waals surface area (Å²) in [6.07, 6.45) is 3.42. The van der Waals surface area contributed by atoms with Crippen LogP contribution >= 0.6 is 0 Å². The van der Waals surface area contributed by atoms with Gasteiger partial charge in [-0.1, -0.05) is 0 Å². The Balaban J connectivity index is 1.82. The molecular weight excluding hydrogens is 292 g/mol. The van der Waals surface area contributed by atoms with Crippen LogP contribution in [0.25, 0.3) is 11.3 Å². The molecule has 3 heterocycles. The number of pyridine rings is 1. The van der Waals surface area contributed by atoms with Crippen LogP contribution in [-0.2, 0) is 6.54 Å². The minimum Gasteiger partial charge on any atom is -0.305 e. The molecular formula is C16H18N6O. The highest BCUT2D eigenvalue weighted by atomic mass is 16.1. The molecule has 3 rings (SSSR count). The maximum absolute atomic E-state index is 12.5. The van der Waals surface area contributed by atoms with Gasteiger partial charge in [-0.3, -0.25) is 19.6 Å². The maximum Gasteiger partial charge on any atom is 0.260 e. The average Bonchev–Trinajstić information content (AvgIpc) is 3.12. The predicted molar refractivity (Wildman–Crippen MR) is 87.1 cm³/mol. The molecule has 0 radical (unpaired) electrons. The van der Waals surface area contributed by atoms with Gasteiger partial charge in [-0.05, 0) is 32.9 Å². The number of aryl methyl sites for hydroxylation is 2. The zero-order chi connectivity index (χ0) is 16.4. The van der Waals surface area contributed by atoms with Crippen molar-refractivity contribution >= 4 is 11.7 Å². The first kappa shape index (κ1) is 15.0. The average molecular weight is 310 g/mol. The van der Waals surface area contributed by atoms with Gasteiger partial charge in [-0.2, -0.15) is 10.2 Å². The monoisotopic (exact) mass is 310 g/mol. The molecule has 0 aromatic carbocycles. The van der Waals surface area contributed by atoms with Gasteiger partial charge in [0, 0.05) is 36.3 Å². The van der Waals surface area contributed by atoms with Crippen molar-refractivity contribution in [3.8, 4) is 11.3 Å². The van der Waals surface area contributed by atoms with Crippen molar-refractivity contribution in [1.82, 2.24) is 25.0 Å². The van der Waals surface area contributed by atoms with E-state index in [2.05, 4.69) is 25.6 Å². The largest absolute Gasteiger partial charge is 0.305 e. The lowest BCUT2D eigenvalue weighted by molar-refractivity contribution is 0.102. The van der Waals surface area contributed by atoms with E-state index in [9.17, 15) is 4.79 Å². The minimum atomic E-state index is -0.201. The number of aromatic amines is 1. The molecule has 2 N–H and O–H groups in total. The van der Waals surface area contributed by atoms with Crippen LogP contribution < -0.4 is 5.32 Å². The first-order valence-corrected chi connectivity index (χ1v) is 7.41. The van der Waals surface area contributed by atoms with E-state index < -0.39 is 0 Å². The number of H-pyrrole nitrogens is 1. The predicted octanol–water partition coefficient (Wildman–Crippen LogP) is 2.56. The molecule has 0 saturated carbocycles. The van der Waals surface area contributed by atoms with Crippen molar-refractivity contribution in [3.05, 3.63) is 47.5 Å². The SMILES string of the molecule is CCn1nc(C)c(C(=O)Nc2cc(-c3ccncc3)[nH]n2)c1C. The molecule has 0 atom stereocenters. The summed E-state index contributed by atoms with van der Waals surface area (Å²) in [4.78, 5) is 16.5. The smallest absolute Gasteiger partial charge is 0.260 e. The van der Waals surface area contributed by atoms with Gasteiger partial charge in [0.05, 0.1) is 17.0 Å². The number of hydrogen-bond acceptors (Lipinski definition) is 4. The van der Waals surface area contributed by atoms with Crippen LogP contribution in [0.15, 0.2) is 30.6 Å². The molecule has 0 saturated heterocycles. The van der Waals surface area contributed by atoms with Crippen LogP contribution in [0.3, 0.4) is 0 Å². The number of carbonyl (C=O) groups is 1. The Bertz CT molecular complexity index is 834. The van der Waals surface area contributed by atoms with Gasteiger partial charge in [-0.15, -0.1) is 0 Å². The van der Waals surface area contributed by atoms with Crippen molar-refractivity contribution in [2.45, 2.75) is 27.3 Å². The molecule has 1 amide bonds. The molecule has 0 bridgehead atoms. The molecule has 7 nitrogen and oxygen atoms in total. The summed E-state index contributed by atoms with van der Waals surface area (Å²) in [5.41, 5.74) is 3.94. The first-order chi connectivity index (χ1) is 11.1. The molecule has 0 aliphatic rings. The van der Waals surface area contributed by atoms with Crippen molar-refractivity contribution in [3.63, 3.8) is 0 Å². The van der Waals surface area contributed by atoms with E-state index in [-0.39, 0.29) is 5.91 Å². The van der Waals surface area contributed by atoms with Gasteiger partial charge >= 0.3 is 0 Å². The molecule has 0 spiro atoms. The molecule has 7 heteroatoms. The summed E-state index contributed by atoms with van der Waals surface area (Å²) in [5.74, 6) is 0.275. The topological polar surface area (TPSA) is 88.5 Å². The molecule has 3 aromatic rings. The molecule has 0 fully saturated rings.